The molecule has 1 amide bonds. The van der Waals surface area contributed by atoms with Crippen molar-refractivity contribution in [3.8, 4) is 0 Å². The van der Waals surface area contributed by atoms with Crippen LogP contribution in [0.2, 0.25) is 0 Å². The van der Waals surface area contributed by atoms with Crippen LogP contribution in [0.3, 0.4) is 0 Å². The average Bonchev–Trinajstić information content (AvgIpc) is 3.06. The molecule has 0 aliphatic carbocycles. The normalized spacial score (nSPS) is 18.4. The first-order valence-corrected chi connectivity index (χ1v) is 10.9. The summed E-state index contributed by atoms with van der Waals surface area (Å²) in [5, 5.41) is 2.20. The van der Waals surface area contributed by atoms with Gasteiger partial charge >= 0.3 is 0 Å². The molecule has 0 bridgehead atoms. The Kier molecular flexibility index (Phi) is 4.70. The van der Waals surface area contributed by atoms with E-state index in [4.69, 9.17) is 0 Å². The van der Waals surface area contributed by atoms with Gasteiger partial charge in [0.25, 0.3) is 5.91 Å². The minimum absolute atomic E-state index is 0.0380. The highest BCUT2D eigenvalue weighted by atomic mass is 32.2. The molecule has 0 spiro atoms. The van der Waals surface area contributed by atoms with Crippen molar-refractivity contribution in [3.63, 3.8) is 0 Å². The lowest BCUT2D eigenvalue weighted by Crippen LogP contribution is -2.40. The number of hydrogen-bond acceptors (Lipinski definition) is 3. The van der Waals surface area contributed by atoms with Crippen molar-refractivity contribution >= 4 is 26.5 Å². The summed E-state index contributed by atoms with van der Waals surface area (Å²) in [5.74, 6) is 0.0629. The molecule has 1 aliphatic rings. The molecular formula is C22H21NO3S. The van der Waals surface area contributed by atoms with Gasteiger partial charge < -0.3 is 4.90 Å². The minimum atomic E-state index is -3.08. The summed E-state index contributed by atoms with van der Waals surface area (Å²) >= 11 is 0. The summed E-state index contributed by atoms with van der Waals surface area (Å²) in [4.78, 5) is 15.0. The third kappa shape index (κ3) is 3.74. The standard InChI is InChI=1S/C22H21NO3S/c24-22(18-8-2-1-3-9-18)23(20-13-14-27(25,26)16-20)15-19-11-6-10-17-7-4-5-12-21(17)19/h1-12,20H,13-16H2/t20-/m1/s1. The van der Waals surface area contributed by atoms with Gasteiger partial charge in [-0.1, -0.05) is 60.7 Å². The number of fused-ring (bicyclic) bond motifs is 1. The second-order valence-electron chi connectivity index (χ2n) is 6.99. The van der Waals surface area contributed by atoms with Crippen LogP contribution in [0.25, 0.3) is 10.8 Å². The molecule has 4 rings (SSSR count). The average molecular weight is 379 g/mol. The van der Waals surface area contributed by atoms with Crippen molar-refractivity contribution < 1.29 is 13.2 Å². The van der Waals surface area contributed by atoms with E-state index >= 15 is 0 Å². The first-order chi connectivity index (χ1) is 13.0. The molecular weight excluding hydrogens is 358 g/mol. The van der Waals surface area contributed by atoms with Gasteiger partial charge in [0.1, 0.15) is 0 Å². The van der Waals surface area contributed by atoms with Crippen molar-refractivity contribution in [2.24, 2.45) is 0 Å². The number of benzene rings is 3. The van der Waals surface area contributed by atoms with E-state index in [1.165, 1.54) is 0 Å². The summed E-state index contributed by atoms with van der Waals surface area (Å²) in [5.41, 5.74) is 1.61. The SMILES string of the molecule is O=C(c1ccccc1)N(Cc1cccc2ccccc12)[C@@H]1CCS(=O)(=O)C1. The first kappa shape index (κ1) is 17.7. The van der Waals surface area contributed by atoms with Gasteiger partial charge in [-0.3, -0.25) is 4.79 Å². The zero-order valence-corrected chi connectivity index (χ0v) is 15.7. The second-order valence-corrected chi connectivity index (χ2v) is 9.22. The number of nitrogens with zero attached hydrogens (tertiary/aromatic N) is 1. The predicted molar refractivity (Wildman–Crippen MR) is 107 cm³/mol. The molecule has 1 fully saturated rings. The van der Waals surface area contributed by atoms with E-state index in [9.17, 15) is 13.2 Å². The second kappa shape index (κ2) is 7.16. The molecule has 0 aromatic heterocycles. The van der Waals surface area contributed by atoms with Crippen LogP contribution in [0.1, 0.15) is 22.3 Å². The topological polar surface area (TPSA) is 54.5 Å². The molecule has 0 saturated carbocycles. The smallest absolute Gasteiger partial charge is 0.254 e. The molecule has 27 heavy (non-hydrogen) atoms. The fourth-order valence-corrected chi connectivity index (χ4v) is 5.48. The van der Waals surface area contributed by atoms with E-state index in [1.807, 2.05) is 60.7 Å². The van der Waals surface area contributed by atoms with Crippen LogP contribution in [0, 0.1) is 0 Å². The molecule has 5 heteroatoms. The quantitative estimate of drug-likeness (QED) is 0.695. The summed E-state index contributed by atoms with van der Waals surface area (Å²) in [6.07, 6.45) is 0.492. The highest BCUT2D eigenvalue weighted by molar-refractivity contribution is 7.91. The Morgan fingerprint density at radius 3 is 2.37 bits per heavy atom. The van der Waals surface area contributed by atoms with Gasteiger partial charge in [-0.25, -0.2) is 8.42 Å². The molecule has 1 saturated heterocycles. The largest absolute Gasteiger partial charge is 0.330 e. The first-order valence-electron chi connectivity index (χ1n) is 9.06. The van der Waals surface area contributed by atoms with Crippen LogP contribution in [0.4, 0.5) is 0 Å². The van der Waals surface area contributed by atoms with E-state index in [-0.39, 0.29) is 23.5 Å². The van der Waals surface area contributed by atoms with Gasteiger partial charge in [-0.05, 0) is 34.9 Å². The zero-order valence-electron chi connectivity index (χ0n) is 14.9. The number of amides is 1. The molecule has 0 radical (unpaired) electrons. The Hall–Kier alpha value is -2.66. The maximum absolute atomic E-state index is 13.2. The zero-order chi connectivity index (χ0) is 18.9. The van der Waals surface area contributed by atoms with Crippen LogP contribution >= 0.6 is 0 Å². The summed E-state index contributed by atoms with van der Waals surface area (Å²) < 4.78 is 24.1. The van der Waals surface area contributed by atoms with Crippen LogP contribution in [-0.4, -0.2) is 36.8 Å². The van der Waals surface area contributed by atoms with Gasteiger partial charge in [-0.15, -0.1) is 0 Å². The Bertz CT molecular complexity index is 1070. The van der Waals surface area contributed by atoms with Crippen molar-refractivity contribution in [1.82, 2.24) is 4.90 Å². The number of carbonyl (C=O) groups is 1. The van der Waals surface area contributed by atoms with Crippen molar-refractivity contribution in [3.05, 3.63) is 83.9 Å². The molecule has 4 nitrogen and oxygen atoms in total. The number of carbonyl (C=O) groups excluding carboxylic acids is 1. The maximum Gasteiger partial charge on any atom is 0.254 e. The Morgan fingerprint density at radius 2 is 1.63 bits per heavy atom. The van der Waals surface area contributed by atoms with Crippen molar-refractivity contribution in [2.75, 3.05) is 11.5 Å². The maximum atomic E-state index is 13.2. The molecule has 0 unspecified atom stereocenters. The highest BCUT2D eigenvalue weighted by Gasteiger charge is 2.35. The molecule has 138 valence electrons. The van der Waals surface area contributed by atoms with Crippen LogP contribution in [-0.2, 0) is 16.4 Å². The van der Waals surface area contributed by atoms with Crippen LogP contribution in [0.15, 0.2) is 72.8 Å². The summed E-state index contributed by atoms with van der Waals surface area (Å²) in [7, 11) is -3.08. The molecule has 0 N–H and O–H groups in total. The van der Waals surface area contributed by atoms with E-state index in [2.05, 4.69) is 0 Å². The van der Waals surface area contributed by atoms with Crippen LogP contribution < -0.4 is 0 Å². The third-order valence-corrected chi connectivity index (χ3v) is 6.90. The lowest BCUT2D eigenvalue weighted by Gasteiger charge is -2.29. The molecule has 3 aromatic rings. The Balaban J connectivity index is 1.72. The lowest BCUT2D eigenvalue weighted by atomic mass is 10.0. The van der Waals surface area contributed by atoms with Gasteiger partial charge in [-0.2, -0.15) is 0 Å². The molecule has 1 atom stereocenters. The number of rotatable bonds is 4. The number of sulfone groups is 1. The summed E-state index contributed by atoms with van der Waals surface area (Å²) in [6, 6.07) is 22.9. The number of hydrogen-bond donors (Lipinski definition) is 0. The van der Waals surface area contributed by atoms with Gasteiger partial charge in [0.15, 0.2) is 9.84 Å². The third-order valence-electron chi connectivity index (χ3n) is 5.15. The fraction of sp³-hybridized carbons (Fsp3) is 0.227. The van der Waals surface area contributed by atoms with Gasteiger partial charge in [0.2, 0.25) is 0 Å². The fourth-order valence-electron chi connectivity index (χ4n) is 3.75. The van der Waals surface area contributed by atoms with E-state index in [1.54, 1.807) is 17.0 Å². The van der Waals surface area contributed by atoms with Crippen molar-refractivity contribution in [2.45, 2.75) is 19.0 Å². The molecule has 3 aromatic carbocycles. The predicted octanol–water partition coefficient (Wildman–Crippen LogP) is 3.67. The van der Waals surface area contributed by atoms with Gasteiger partial charge in [0, 0.05) is 18.2 Å². The highest BCUT2D eigenvalue weighted by Crippen LogP contribution is 2.25. The van der Waals surface area contributed by atoms with E-state index < -0.39 is 9.84 Å². The monoisotopic (exact) mass is 379 g/mol. The molecule has 1 heterocycles. The van der Waals surface area contributed by atoms with Gasteiger partial charge in [0.05, 0.1) is 11.5 Å². The van der Waals surface area contributed by atoms with Crippen molar-refractivity contribution in [1.29, 1.82) is 0 Å². The Labute approximate surface area is 159 Å². The van der Waals surface area contributed by atoms with Crippen LogP contribution in [0.5, 0.6) is 0 Å². The summed E-state index contributed by atoms with van der Waals surface area (Å²) in [6.45, 7) is 0.398. The van der Waals surface area contributed by atoms with E-state index in [0.717, 1.165) is 16.3 Å². The minimum Gasteiger partial charge on any atom is -0.330 e. The Morgan fingerprint density at radius 1 is 0.926 bits per heavy atom. The molecule has 1 aliphatic heterocycles. The van der Waals surface area contributed by atoms with E-state index in [0.29, 0.717) is 18.5 Å². The lowest BCUT2D eigenvalue weighted by molar-refractivity contribution is 0.0682.